The van der Waals surface area contributed by atoms with Crippen LogP contribution in [-0.2, 0) is 0 Å². The molecule has 1 aromatic heterocycles. The molecule has 0 spiro atoms. The van der Waals surface area contributed by atoms with Crippen LogP contribution in [0.1, 0.15) is 12.5 Å². The molecule has 1 aromatic carbocycles. The van der Waals surface area contributed by atoms with Gasteiger partial charge in [0.15, 0.2) is 11.6 Å². The smallest absolute Gasteiger partial charge is 0.159 e. The van der Waals surface area contributed by atoms with Crippen LogP contribution in [0, 0.1) is 18.6 Å². The molecule has 1 heterocycles. The number of aromatic nitrogens is 1. The van der Waals surface area contributed by atoms with Crippen LogP contribution in [0.2, 0.25) is 0 Å². The Hall–Kier alpha value is -2.23. The number of allylic oxidation sites excluding steroid dienone is 1. The van der Waals surface area contributed by atoms with Crippen molar-refractivity contribution in [3.8, 4) is 11.1 Å². The summed E-state index contributed by atoms with van der Waals surface area (Å²) in [6.07, 6.45) is 1.62. The number of rotatable bonds is 3. The average molecular weight is 260 g/mol. The minimum absolute atomic E-state index is 0.594. The highest BCUT2D eigenvalue weighted by Gasteiger charge is 2.07. The second kappa shape index (κ2) is 5.18. The lowest BCUT2D eigenvalue weighted by atomic mass is 10.1. The minimum atomic E-state index is -0.862. The number of nitrogens with zero attached hydrogens (tertiary/aromatic N) is 1. The van der Waals surface area contributed by atoms with E-state index in [0.29, 0.717) is 11.4 Å². The summed E-state index contributed by atoms with van der Waals surface area (Å²) in [4.78, 5) is 4.26. The normalized spacial score (nSPS) is 10.3. The first kappa shape index (κ1) is 13.2. The molecule has 19 heavy (non-hydrogen) atoms. The van der Waals surface area contributed by atoms with E-state index in [4.69, 9.17) is 0 Å². The fraction of sp³-hybridized carbons (Fsp3) is 0.133. The van der Waals surface area contributed by atoms with Gasteiger partial charge in [0.1, 0.15) is 5.82 Å². The summed E-state index contributed by atoms with van der Waals surface area (Å²) in [7, 11) is 0. The molecule has 0 aliphatic rings. The van der Waals surface area contributed by atoms with Crippen molar-refractivity contribution < 1.29 is 8.78 Å². The third-order valence-corrected chi connectivity index (χ3v) is 2.66. The van der Waals surface area contributed by atoms with Gasteiger partial charge in [-0.1, -0.05) is 12.6 Å². The van der Waals surface area contributed by atoms with Gasteiger partial charge in [-0.15, -0.1) is 0 Å². The molecular formula is C15H14F2N2. The quantitative estimate of drug-likeness (QED) is 0.890. The summed E-state index contributed by atoms with van der Waals surface area (Å²) in [5, 5.41) is 3.03. The standard InChI is InChI=1S/C15H14F2N2/c1-9(2)19-15-10(3)6-12(8-18-15)11-4-5-13(16)14(17)7-11/h4-8H,1H2,2-3H3,(H,18,19). The Morgan fingerprint density at radius 2 is 1.89 bits per heavy atom. The molecule has 0 atom stereocenters. The fourth-order valence-electron chi connectivity index (χ4n) is 1.74. The van der Waals surface area contributed by atoms with Crippen LogP contribution in [0.5, 0.6) is 0 Å². The minimum Gasteiger partial charge on any atom is -0.344 e. The maximum atomic E-state index is 13.2. The number of benzene rings is 1. The van der Waals surface area contributed by atoms with E-state index < -0.39 is 11.6 Å². The van der Waals surface area contributed by atoms with Crippen molar-refractivity contribution in [2.75, 3.05) is 5.32 Å². The van der Waals surface area contributed by atoms with E-state index >= 15 is 0 Å². The summed E-state index contributed by atoms with van der Waals surface area (Å²) in [5.74, 6) is -1.01. The van der Waals surface area contributed by atoms with Crippen LogP contribution >= 0.6 is 0 Å². The molecule has 0 aliphatic heterocycles. The molecule has 4 heteroatoms. The number of hydrogen-bond donors (Lipinski definition) is 1. The largest absolute Gasteiger partial charge is 0.344 e. The molecule has 0 saturated carbocycles. The van der Waals surface area contributed by atoms with Crippen molar-refractivity contribution in [2.45, 2.75) is 13.8 Å². The van der Waals surface area contributed by atoms with E-state index in [1.807, 2.05) is 19.9 Å². The molecule has 2 rings (SSSR count). The number of hydrogen-bond acceptors (Lipinski definition) is 2. The Morgan fingerprint density at radius 1 is 1.16 bits per heavy atom. The summed E-state index contributed by atoms with van der Waals surface area (Å²) in [6.45, 7) is 7.48. The zero-order valence-corrected chi connectivity index (χ0v) is 10.8. The summed E-state index contributed by atoms with van der Waals surface area (Å²) < 4.78 is 26.1. The van der Waals surface area contributed by atoms with Crippen molar-refractivity contribution in [2.24, 2.45) is 0 Å². The first-order valence-electron chi connectivity index (χ1n) is 5.82. The Bertz CT molecular complexity index is 636. The van der Waals surface area contributed by atoms with E-state index in [1.54, 1.807) is 6.20 Å². The first-order valence-corrected chi connectivity index (χ1v) is 5.82. The van der Waals surface area contributed by atoms with Crippen LogP contribution in [0.3, 0.4) is 0 Å². The van der Waals surface area contributed by atoms with E-state index in [2.05, 4.69) is 16.9 Å². The van der Waals surface area contributed by atoms with Crippen LogP contribution in [0.25, 0.3) is 11.1 Å². The molecule has 98 valence electrons. The molecule has 0 saturated heterocycles. The topological polar surface area (TPSA) is 24.9 Å². The highest BCUT2D eigenvalue weighted by molar-refractivity contribution is 5.66. The lowest BCUT2D eigenvalue weighted by molar-refractivity contribution is 0.509. The SMILES string of the molecule is C=C(C)Nc1ncc(-c2ccc(F)c(F)c2)cc1C. The van der Waals surface area contributed by atoms with Crippen LogP contribution in [0.15, 0.2) is 42.7 Å². The summed E-state index contributed by atoms with van der Waals surface area (Å²) in [6, 6.07) is 5.67. The van der Waals surface area contributed by atoms with Gasteiger partial charge in [0.05, 0.1) is 0 Å². The monoisotopic (exact) mass is 260 g/mol. The molecule has 0 unspecified atom stereocenters. The van der Waals surface area contributed by atoms with Gasteiger partial charge < -0.3 is 5.32 Å². The first-order chi connectivity index (χ1) is 8.97. The zero-order valence-electron chi connectivity index (χ0n) is 10.8. The molecule has 0 radical (unpaired) electrons. The summed E-state index contributed by atoms with van der Waals surface area (Å²) >= 11 is 0. The molecule has 1 N–H and O–H groups in total. The molecule has 0 aliphatic carbocycles. The molecule has 2 nitrogen and oxygen atoms in total. The van der Waals surface area contributed by atoms with Gasteiger partial charge in [-0.3, -0.25) is 0 Å². The van der Waals surface area contributed by atoms with Gasteiger partial charge in [-0.05, 0) is 43.2 Å². The number of aryl methyl sites for hydroxylation is 1. The highest BCUT2D eigenvalue weighted by atomic mass is 19.2. The highest BCUT2D eigenvalue weighted by Crippen LogP contribution is 2.24. The molecular weight excluding hydrogens is 246 g/mol. The molecule has 0 fully saturated rings. The van der Waals surface area contributed by atoms with Crippen molar-refractivity contribution in [1.82, 2.24) is 4.98 Å². The maximum absolute atomic E-state index is 13.2. The molecule has 0 amide bonds. The van der Waals surface area contributed by atoms with Gasteiger partial charge in [0.25, 0.3) is 0 Å². The van der Waals surface area contributed by atoms with Crippen LogP contribution in [-0.4, -0.2) is 4.98 Å². The van der Waals surface area contributed by atoms with Crippen LogP contribution in [0.4, 0.5) is 14.6 Å². The van der Waals surface area contributed by atoms with Crippen molar-refractivity contribution in [3.63, 3.8) is 0 Å². The van der Waals surface area contributed by atoms with Gasteiger partial charge in [0, 0.05) is 17.5 Å². The molecule has 0 bridgehead atoms. The lowest BCUT2D eigenvalue weighted by Gasteiger charge is -2.10. The second-order valence-corrected chi connectivity index (χ2v) is 4.42. The van der Waals surface area contributed by atoms with Crippen molar-refractivity contribution in [1.29, 1.82) is 0 Å². The van der Waals surface area contributed by atoms with E-state index in [0.717, 1.165) is 29.0 Å². The van der Waals surface area contributed by atoms with Gasteiger partial charge in [0.2, 0.25) is 0 Å². The fourth-order valence-corrected chi connectivity index (χ4v) is 1.74. The van der Waals surface area contributed by atoms with Gasteiger partial charge in [-0.25, -0.2) is 13.8 Å². The Morgan fingerprint density at radius 3 is 2.47 bits per heavy atom. The van der Waals surface area contributed by atoms with E-state index in [9.17, 15) is 8.78 Å². The van der Waals surface area contributed by atoms with E-state index in [-0.39, 0.29) is 0 Å². The van der Waals surface area contributed by atoms with Crippen LogP contribution < -0.4 is 5.32 Å². The Balaban J connectivity index is 2.38. The van der Waals surface area contributed by atoms with Gasteiger partial charge in [-0.2, -0.15) is 0 Å². The predicted octanol–water partition coefficient (Wildman–Crippen LogP) is 4.28. The number of halogens is 2. The predicted molar refractivity (Wildman–Crippen MR) is 72.8 cm³/mol. The second-order valence-electron chi connectivity index (χ2n) is 4.42. The number of anilines is 1. The van der Waals surface area contributed by atoms with Crippen molar-refractivity contribution in [3.05, 3.63) is 59.9 Å². The Labute approximate surface area is 110 Å². The lowest BCUT2D eigenvalue weighted by Crippen LogP contribution is -1.99. The number of nitrogens with one attached hydrogen (secondary N) is 1. The van der Waals surface area contributed by atoms with Gasteiger partial charge >= 0.3 is 0 Å². The van der Waals surface area contributed by atoms with E-state index in [1.165, 1.54) is 6.07 Å². The average Bonchev–Trinajstić information content (AvgIpc) is 2.35. The molecule has 2 aromatic rings. The Kier molecular flexibility index (Phi) is 3.60. The summed E-state index contributed by atoms with van der Waals surface area (Å²) in [5.41, 5.74) is 3.03. The third kappa shape index (κ3) is 2.96. The third-order valence-electron chi connectivity index (χ3n) is 2.66. The zero-order chi connectivity index (χ0) is 14.0. The van der Waals surface area contributed by atoms with Crippen molar-refractivity contribution >= 4 is 5.82 Å². The number of pyridine rings is 1. The maximum Gasteiger partial charge on any atom is 0.159 e.